The predicted octanol–water partition coefficient (Wildman–Crippen LogP) is 4.88. The summed E-state index contributed by atoms with van der Waals surface area (Å²) in [6.07, 6.45) is 10.0. The van der Waals surface area contributed by atoms with Crippen molar-refractivity contribution in [1.82, 2.24) is 0 Å². The fraction of sp³-hybridized carbons (Fsp3) is 0.545. The SMILES string of the molecule is C=CC(=O)OCCCOC1CCC(C(=O)Oc2ccc(OC(=O)C3CCC(OCCCOC(=O)C=C)CC3)c(C=N)c2)CC1. The molecule has 2 aliphatic carbocycles. The highest BCUT2D eigenvalue weighted by atomic mass is 16.6. The molecule has 0 amide bonds. The van der Waals surface area contributed by atoms with E-state index in [2.05, 4.69) is 13.2 Å². The number of ether oxygens (including phenoxy) is 6. The minimum Gasteiger partial charge on any atom is -0.462 e. The first-order valence-electron chi connectivity index (χ1n) is 15.2. The van der Waals surface area contributed by atoms with Crippen LogP contribution >= 0.6 is 0 Å². The molecular weight excluding hydrogens is 570 g/mol. The molecule has 0 spiro atoms. The van der Waals surface area contributed by atoms with E-state index in [0.29, 0.717) is 57.3 Å². The lowest BCUT2D eigenvalue weighted by atomic mass is 9.87. The Hall–Kier alpha value is -3.83. The minimum absolute atomic E-state index is 0.0448. The van der Waals surface area contributed by atoms with Crippen LogP contribution in [0.25, 0.3) is 0 Å². The Morgan fingerprint density at radius 2 is 1.18 bits per heavy atom. The molecule has 2 aliphatic rings. The largest absolute Gasteiger partial charge is 0.462 e. The number of hydrogen-bond donors (Lipinski definition) is 1. The Balaban J connectivity index is 1.36. The third-order valence-corrected chi connectivity index (χ3v) is 7.69. The maximum Gasteiger partial charge on any atom is 0.330 e. The van der Waals surface area contributed by atoms with Gasteiger partial charge in [0.05, 0.1) is 50.5 Å². The van der Waals surface area contributed by atoms with Crippen molar-refractivity contribution in [2.24, 2.45) is 11.8 Å². The molecule has 3 rings (SSSR count). The van der Waals surface area contributed by atoms with Crippen LogP contribution in [0.3, 0.4) is 0 Å². The quantitative estimate of drug-likeness (QED) is 0.0847. The third-order valence-electron chi connectivity index (χ3n) is 7.69. The van der Waals surface area contributed by atoms with E-state index in [1.807, 2.05) is 0 Å². The zero-order valence-electron chi connectivity index (χ0n) is 25.2. The van der Waals surface area contributed by atoms with Crippen LogP contribution in [-0.2, 0) is 38.1 Å². The Labute approximate surface area is 258 Å². The fourth-order valence-electron chi connectivity index (χ4n) is 5.20. The molecule has 1 N–H and O–H groups in total. The van der Waals surface area contributed by atoms with E-state index in [1.54, 1.807) is 12.1 Å². The molecule has 0 atom stereocenters. The highest BCUT2D eigenvalue weighted by molar-refractivity contribution is 5.85. The molecule has 2 saturated carbocycles. The maximum atomic E-state index is 12.9. The lowest BCUT2D eigenvalue weighted by molar-refractivity contribution is -0.142. The monoisotopic (exact) mass is 613 g/mol. The summed E-state index contributed by atoms with van der Waals surface area (Å²) in [4.78, 5) is 47.8. The first-order valence-corrected chi connectivity index (χ1v) is 15.2. The second kappa shape index (κ2) is 18.7. The molecule has 0 aliphatic heterocycles. The van der Waals surface area contributed by atoms with Crippen molar-refractivity contribution in [3.63, 3.8) is 0 Å². The summed E-state index contributed by atoms with van der Waals surface area (Å²) in [7, 11) is 0. The van der Waals surface area contributed by atoms with Crippen LogP contribution in [0.1, 0.15) is 69.8 Å². The summed E-state index contributed by atoms with van der Waals surface area (Å²) >= 11 is 0. The van der Waals surface area contributed by atoms with Gasteiger partial charge >= 0.3 is 23.9 Å². The standard InChI is InChI=1S/C33H43NO10/c1-3-30(35)41-19-5-17-39-26-11-7-23(8-12-26)32(37)43-28-15-16-29(25(21-28)22-34)44-33(38)24-9-13-27(14-10-24)40-18-6-20-42-31(36)4-2/h3-4,15-16,21-24,26-27,34H,1-2,5-14,17-20H2. The van der Waals surface area contributed by atoms with Gasteiger partial charge < -0.3 is 33.8 Å². The Morgan fingerprint density at radius 1 is 0.705 bits per heavy atom. The summed E-state index contributed by atoms with van der Waals surface area (Å²) in [6, 6.07) is 4.64. The molecule has 2 fully saturated rings. The molecule has 0 unspecified atom stereocenters. The van der Waals surface area contributed by atoms with Crippen molar-refractivity contribution in [3.8, 4) is 11.5 Å². The Kier molecular flexibility index (Phi) is 14.8. The lowest BCUT2D eigenvalue weighted by Crippen LogP contribution is -2.29. The van der Waals surface area contributed by atoms with E-state index < -0.39 is 11.9 Å². The second-order valence-corrected chi connectivity index (χ2v) is 10.8. The fourth-order valence-corrected chi connectivity index (χ4v) is 5.20. The van der Waals surface area contributed by atoms with Crippen LogP contribution in [-0.4, -0.2) is 68.7 Å². The lowest BCUT2D eigenvalue weighted by Gasteiger charge is -2.27. The van der Waals surface area contributed by atoms with Crippen molar-refractivity contribution in [3.05, 3.63) is 49.1 Å². The Morgan fingerprint density at radius 3 is 1.64 bits per heavy atom. The van der Waals surface area contributed by atoms with Crippen molar-refractivity contribution in [2.75, 3.05) is 26.4 Å². The number of benzene rings is 1. The van der Waals surface area contributed by atoms with Gasteiger partial charge in [-0.05, 0) is 69.6 Å². The van der Waals surface area contributed by atoms with Crippen LogP contribution < -0.4 is 9.47 Å². The predicted molar refractivity (Wildman–Crippen MR) is 161 cm³/mol. The number of esters is 4. The minimum atomic E-state index is -0.453. The summed E-state index contributed by atoms with van der Waals surface area (Å²) in [6.45, 7) is 8.20. The van der Waals surface area contributed by atoms with Gasteiger partial charge in [-0.3, -0.25) is 9.59 Å². The number of carbonyl (C=O) groups is 4. The zero-order valence-corrected chi connectivity index (χ0v) is 25.2. The number of rotatable bonds is 17. The van der Waals surface area contributed by atoms with Crippen LogP contribution in [0.4, 0.5) is 0 Å². The van der Waals surface area contributed by atoms with Crippen LogP contribution in [0.2, 0.25) is 0 Å². The van der Waals surface area contributed by atoms with E-state index in [9.17, 15) is 19.2 Å². The number of nitrogens with one attached hydrogen (secondary N) is 1. The van der Waals surface area contributed by atoms with Crippen molar-refractivity contribution in [1.29, 1.82) is 5.41 Å². The van der Waals surface area contributed by atoms with Gasteiger partial charge in [0, 0.05) is 36.8 Å². The summed E-state index contributed by atoms with van der Waals surface area (Å²) in [5.74, 6) is -1.58. The molecular formula is C33H43NO10. The summed E-state index contributed by atoms with van der Waals surface area (Å²) < 4.78 is 32.8. The van der Waals surface area contributed by atoms with Crippen LogP contribution in [0.15, 0.2) is 43.5 Å². The van der Waals surface area contributed by atoms with Gasteiger partial charge in [0.2, 0.25) is 0 Å². The molecule has 44 heavy (non-hydrogen) atoms. The van der Waals surface area contributed by atoms with Crippen molar-refractivity contribution >= 4 is 30.1 Å². The number of hydrogen-bond acceptors (Lipinski definition) is 11. The Bertz CT molecular complexity index is 1150. The van der Waals surface area contributed by atoms with Gasteiger partial charge in [0.25, 0.3) is 0 Å². The van der Waals surface area contributed by atoms with E-state index in [-0.39, 0.29) is 60.7 Å². The topological polar surface area (TPSA) is 148 Å². The maximum absolute atomic E-state index is 12.9. The highest BCUT2D eigenvalue weighted by Gasteiger charge is 2.30. The van der Waals surface area contributed by atoms with Crippen LogP contribution in [0, 0.1) is 17.2 Å². The van der Waals surface area contributed by atoms with Gasteiger partial charge in [-0.15, -0.1) is 0 Å². The van der Waals surface area contributed by atoms with E-state index in [0.717, 1.165) is 44.0 Å². The molecule has 11 heteroatoms. The van der Waals surface area contributed by atoms with Crippen molar-refractivity contribution < 1.29 is 47.6 Å². The third kappa shape index (κ3) is 11.7. The van der Waals surface area contributed by atoms with Gasteiger partial charge in [-0.1, -0.05) is 13.2 Å². The zero-order chi connectivity index (χ0) is 31.7. The van der Waals surface area contributed by atoms with E-state index >= 15 is 0 Å². The first kappa shape index (κ1) is 34.7. The smallest absolute Gasteiger partial charge is 0.330 e. The molecule has 240 valence electrons. The van der Waals surface area contributed by atoms with E-state index in [4.69, 9.17) is 33.8 Å². The molecule has 1 aromatic rings. The van der Waals surface area contributed by atoms with Crippen molar-refractivity contribution in [2.45, 2.75) is 76.4 Å². The van der Waals surface area contributed by atoms with Gasteiger partial charge in [-0.25, -0.2) is 9.59 Å². The first-order chi connectivity index (χ1) is 21.3. The number of carbonyl (C=O) groups excluding carboxylic acids is 4. The summed E-state index contributed by atoms with van der Waals surface area (Å²) in [5, 5.41) is 7.79. The second-order valence-electron chi connectivity index (χ2n) is 10.8. The molecule has 11 nitrogen and oxygen atoms in total. The molecule has 0 aromatic heterocycles. The molecule has 0 radical (unpaired) electrons. The molecule has 0 heterocycles. The van der Waals surface area contributed by atoms with Crippen LogP contribution in [0.5, 0.6) is 11.5 Å². The van der Waals surface area contributed by atoms with Gasteiger partial charge in [-0.2, -0.15) is 0 Å². The molecule has 0 saturated heterocycles. The normalized spacial score (nSPS) is 21.4. The molecule has 1 aromatic carbocycles. The average Bonchev–Trinajstić information content (AvgIpc) is 3.05. The van der Waals surface area contributed by atoms with Gasteiger partial charge in [0.1, 0.15) is 11.5 Å². The highest BCUT2D eigenvalue weighted by Crippen LogP contribution is 2.31. The van der Waals surface area contributed by atoms with E-state index in [1.165, 1.54) is 6.07 Å². The summed E-state index contributed by atoms with van der Waals surface area (Å²) in [5.41, 5.74) is 0.341. The molecule has 0 bridgehead atoms. The average molecular weight is 614 g/mol. The van der Waals surface area contributed by atoms with Gasteiger partial charge in [0.15, 0.2) is 0 Å².